The van der Waals surface area contributed by atoms with E-state index in [9.17, 15) is 14.0 Å². The van der Waals surface area contributed by atoms with Crippen molar-refractivity contribution in [1.29, 1.82) is 0 Å². The summed E-state index contributed by atoms with van der Waals surface area (Å²) in [6, 6.07) is 5.84. The molecule has 0 aromatic heterocycles. The molecule has 0 bridgehead atoms. The van der Waals surface area contributed by atoms with Crippen molar-refractivity contribution in [3.8, 4) is 0 Å². The number of benzene rings is 1. The summed E-state index contributed by atoms with van der Waals surface area (Å²) in [4.78, 5) is 29.4. The van der Waals surface area contributed by atoms with Crippen molar-refractivity contribution in [3.63, 3.8) is 0 Å². The zero-order chi connectivity index (χ0) is 19.6. The molecule has 2 fully saturated rings. The fourth-order valence-corrected chi connectivity index (χ4v) is 3.82. The normalized spacial score (nSPS) is 23.6. The molecule has 0 spiro atoms. The van der Waals surface area contributed by atoms with Crippen molar-refractivity contribution in [2.45, 2.75) is 52.2 Å². The van der Waals surface area contributed by atoms with E-state index >= 15 is 0 Å². The van der Waals surface area contributed by atoms with E-state index in [1.807, 2.05) is 20.8 Å². The zero-order valence-corrected chi connectivity index (χ0v) is 16.4. The van der Waals surface area contributed by atoms with Crippen LogP contribution in [0.1, 0.15) is 51.7 Å². The van der Waals surface area contributed by atoms with Gasteiger partial charge in [-0.1, -0.05) is 32.9 Å². The summed E-state index contributed by atoms with van der Waals surface area (Å²) in [7, 11) is 0. The Balaban J connectivity index is 1.67. The van der Waals surface area contributed by atoms with E-state index in [0.717, 1.165) is 12.0 Å². The van der Waals surface area contributed by atoms with Crippen molar-refractivity contribution in [1.82, 2.24) is 9.80 Å². The predicted octanol–water partition coefficient (Wildman–Crippen LogP) is 3.15. The van der Waals surface area contributed by atoms with E-state index in [0.29, 0.717) is 39.1 Å². The minimum Gasteiger partial charge on any atom is -0.370 e. The number of hydrogen-bond donors (Lipinski definition) is 0. The van der Waals surface area contributed by atoms with E-state index in [-0.39, 0.29) is 35.2 Å². The lowest BCUT2D eigenvalue weighted by molar-refractivity contribution is -0.149. The van der Waals surface area contributed by atoms with Gasteiger partial charge in [-0.3, -0.25) is 9.59 Å². The Morgan fingerprint density at radius 1 is 1.19 bits per heavy atom. The van der Waals surface area contributed by atoms with Gasteiger partial charge in [0, 0.05) is 19.5 Å². The third kappa shape index (κ3) is 4.86. The molecule has 0 aliphatic carbocycles. The molecule has 3 rings (SSSR count). The van der Waals surface area contributed by atoms with Crippen molar-refractivity contribution >= 4 is 11.8 Å². The molecule has 0 N–H and O–H groups in total. The van der Waals surface area contributed by atoms with Crippen LogP contribution in [-0.4, -0.2) is 53.9 Å². The maximum Gasteiger partial charge on any atom is 0.245 e. The Kier molecular flexibility index (Phi) is 5.84. The summed E-state index contributed by atoms with van der Waals surface area (Å²) in [5.74, 6) is -0.228. The molecular weight excluding hydrogens is 347 g/mol. The average molecular weight is 376 g/mol. The molecule has 0 saturated carbocycles. The fraction of sp³-hybridized carbons (Fsp3) is 0.619. The third-order valence-corrected chi connectivity index (χ3v) is 5.16. The smallest absolute Gasteiger partial charge is 0.245 e. The number of halogens is 1. The average Bonchev–Trinajstić information content (AvgIpc) is 3.10. The van der Waals surface area contributed by atoms with Gasteiger partial charge in [0.25, 0.3) is 0 Å². The maximum atomic E-state index is 13.2. The summed E-state index contributed by atoms with van der Waals surface area (Å²) in [5, 5.41) is 0. The second-order valence-electron chi connectivity index (χ2n) is 8.68. The van der Waals surface area contributed by atoms with Crippen molar-refractivity contribution in [2.75, 3.05) is 26.2 Å². The molecule has 27 heavy (non-hydrogen) atoms. The number of carbonyl (C=O) groups is 2. The van der Waals surface area contributed by atoms with Crippen LogP contribution in [0, 0.1) is 11.2 Å². The molecule has 2 aliphatic rings. The van der Waals surface area contributed by atoms with Gasteiger partial charge in [-0.15, -0.1) is 0 Å². The Morgan fingerprint density at radius 3 is 2.56 bits per heavy atom. The number of ether oxygens (including phenoxy) is 1. The van der Waals surface area contributed by atoms with Crippen LogP contribution in [0.15, 0.2) is 24.3 Å². The number of rotatable bonds is 3. The highest BCUT2D eigenvalue weighted by Gasteiger charge is 2.38. The highest BCUT2D eigenvalue weighted by atomic mass is 19.1. The summed E-state index contributed by atoms with van der Waals surface area (Å²) in [6.07, 6.45) is 1.76. The Bertz CT molecular complexity index is 684. The standard InChI is InChI=1S/C21H29FN2O3/c1-21(2,3)13-19(25)24-10-4-5-17(24)20(26)23-11-12-27-18(14-23)15-6-8-16(22)9-7-15/h6-9,17-18H,4-5,10-14H2,1-3H3/t17-,18+/m1/s1. The molecule has 2 aliphatic heterocycles. The lowest BCUT2D eigenvalue weighted by atomic mass is 9.91. The second-order valence-corrected chi connectivity index (χ2v) is 8.68. The van der Waals surface area contributed by atoms with Crippen molar-refractivity contribution in [2.24, 2.45) is 5.41 Å². The van der Waals surface area contributed by atoms with Gasteiger partial charge in [0.1, 0.15) is 18.0 Å². The number of amides is 2. The largest absolute Gasteiger partial charge is 0.370 e. The summed E-state index contributed by atoms with van der Waals surface area (Å²) >= 11 is 0. The third-order valence-electron chi connectivity index (χ3n) is 5.16. The number of carbonyl (C=O) groups excluding carboxylic acids is 2. The number of hydrogen-bond acceptors (Lipinski definition) is 3. The number of likely N-dealkylation sites (tertiary alicyclic amines) is 1. The minimum atomic E-state index is -0.369. The number of nitrogens with zero attached hydrogens (tertiary/aromatic N) is 2. The van der Waals surface area contributed by atoms with Gasteiger partial charge < -0.3 is 14.5 Å². The first kappa shape index (κ1) is 19.8. The lowest BCUT2D eigenvalue weighted by Crippen LogP contribution is -2.51. The van der Waals surface area contributed by atoms with E-state index in [2.05, 4.69) is 0 Å². The van der Waals surface area contributed by atoms with Gasteiger partial charge in [0.15, 0.2) is 0 Å². The van der Waals surface area contributed by atoms with Crippen LogP contribution < -0.4 is 0 Å². The molecule has 6 heteroatoms. The number of morpholine rings is 1. The molecule has 2 saturated heterocycles. The highest BCUT2D eigenvalue weighted by Crippen LogP contribution is 2.28. The van der Waals surface area contributed by atoms with Crippen LogP contribution >= 0.6 is 0 Å². The van der Waals surface area contributed by atoms with E-state index < -0.39 is 0 Å². The molecule has 148 valence electrons. The molecule has 0 unspecified atom stereocenters. The van der Waals surface area contributed by atoms with Gasteiger partial charge in [-0.25, -0.2) is 4.39 Å². The monoisotopic (exact) mass is 376 g/mol. The first-order valence-corrected chi connectivity index (χ1v) is 9.70. The van der Waals surface area contributed by atoms with Gasteiger partial charge in [-0.2, -0.15) is 0 Å². The molecule has 1 aromatic rings. The van der Waals surface area contributed by atoms with Crippen LogP contribution in [0.25, 0.3) is 0 Å². The molecule has 5 nitrogen and oxygen atoms in total. The second kappa shape index (κ2) is 7.97. The van der Waals surface area contributed by atoms with Crippen LogP contribution in [0.5, 0.6) is 0 Å². The summed E-state index contributed by atoms with van der Waals surface area (Å²) in [5.41, 5.74) is 0.765. The molecule has 2 heterocycles. The Labute approximate surface area is 160 Å². The lowest BCUT2D eigenvalue weighted by Gasteiger charge is -2.36. The SMILES string of the molecule is CC(C)(C)CC(=O)N1CCC[C@@H]1C(=O)N1CCO[C@H](c2ccc(F)cc2)C1. The molecule has 1 aromatic carbocycles. The topological polar surface area (TPSA) is 49.9 Å². The van der Waals surface area contributed by atoms with Crippen molar-refractivity contribution < 1.29 is 18.7 Å². The van der Waals surface area contributed by atoms with Gasteiger partial charge in [-0.05, 0) is 36.0 Å². The minimum absolute atomic E-state index is 0.00479. The Morgan fingerprint density at radius 2 is 1.89 bits per heavy atom. The van der Waals surface area contributed by atoms with Crippen LogP contribution in [-0.2, 0) is 14.3 Å². The van der Waals surface area contributed by atoms with Gasteiger partial charge in [0.05, 0.1) is 13.2 Å². The van der Waals surface area contributed by atoms with Crippen LogP contribution in [0.2, 0.25) is 0 Å². The van der Waals surface area contributed by atoms with E-state index in [1.165, 1.54) is 12.1 Å². The quantitative estimate of drug-likeness (QED) is 0.814. The van der Waals surface area contributed by atoms with Crippen molar-refractivity contribution in [3.05, 3.63) is 35.6 Å². The Hall–Kier alpha value is -1.95. The fourth-order valence-electron chi connectivity index (χ4n) is 3.82. The van der Waals surface area contributed by atoms with Crippen LogP contribution in [0.4, 0.5) is 4.39 Å². The summed E-state index contributed by atoms with van der Waals surface area (Å²) in [6.45, 7) is 8.15. The van der Waals surface area contributed by atoms with Crippen LogP contribution in [0.3, 0.4) is 0 Å². The van der Waals surface area contributed by atoms with E-state index in [4.69, 9.17) is 4.74 Å². The first-order chi connectivity index (χ1) is 12.7. The first-order valence-electron chi connectivity index (χ1n) is 9.70. The van der Waals surface area contributed by atoms with Gasteiger partial charge >= 0.3 is 0 Å². The molecule has 0 radical (unpaired) electrons. The zero-order valence-electron chi connectivity index (χ0n) is 16.4. The predicted molar refractivity (Wildman–Crippen MR) is 100 cm³/mol. The molecule has 2 atom stereocenters. The highest BCUT2D eigenvalue weighted by molar-refractivity contribution is 5.88. The molecule has 2 amide bonds. The molecular formula is C21H29FN2O3. The maximum absolute atomic E-state index is 13.2. The van der Waals surface area contributed by atoms with E-state index in [1.54, 1.807) is 21.9 Å². The summed E-state index contributed by atoms with van der Waals surface area (Å²) < 4.78 is 18.9. The van der Waals surface area contributed by atoms with Gasteiger partial charge in [0.2, 0.25) is 11.8 Å².